The lowest BCUT2D eigenvalue weighted by molar-refractivity contribution is 0.0697. The Morgan fingerprint density at radius 1 is 1.23 bits per heavy atom. The van der Waals surface area contributed by atoms with E-state index in [-0.39, 0.29) is 11.3 Å². The molecule has 110 valence electrons. The van der Waals surface area contributed by atoms with Crippen LogP contribution in [0.3, 0.4) is 0 Å². The molecule has 2 aromatic heterocycles. The van der Waals surface area contributed by atoms with Gasteiger partial charge in [-0.1, -0.05) is 22.9 Å². The van der Waals surface area contributed by atoms with Crippen LogP contribution in [-0.2, 0) is 0 Å². The molecule has 0 bridgehead atoms. The number of halogens is 1. The van der Waals surface area contributed by atoms with Crippen molar-refractivity contribution >= 4 is 50.2 Å². The monoisotopic (exact) mass is 333 g/mol. The van der Waals surface area contributed by atoms with Gasteiger partial charge in [0.2, 0.25) is 0 Å². The zero-order chi connectivity index (χ0) is 15.7. The predicted molar refractivity (Wildman–Crippen MR) is 83.8 cm³/mol. The number of hydrogen-bond acceptors (Lipinski definition) is 5. The van der Waals surface area contributed by atoms with E-state index in [1.165, 1.54) is 35.7 Å². The fraction of sp³-hybridized carbons (Fsp3) is 0. The second kappa shape index (κ2) is 5.70. The van der Waals surface area contributed by atoms with Gasteiger partial charge in [-0.15, -0.1) is 0 Å². The summed E-state index contributed by atoms with van der Waals surface area (Å²) >= 11 is 7.00. The van der Waals surface area contributed by atoms with Gasteiger partial charge in [0.15, 0.2) is 5.13 Å². The van der Waals surface area contributed by atoms with Crippen LogP contribution in [-0.4, -0.2) is 27.0 Å². The Hall–Kier alpha value is -2.51. The number of hydrogen-bond donors (Lipinski definition) is 2. The van der Waals surface area contributed by atoms with Crippen molar-refractivity contribution in [1.29, 1.82) is 0 Å². The van der Waals surface area contributed by atoms with Crippen molar-refractivity contribution in [3.63, 3.8) is 0 Å². The molecule has 0 spiro atoms. The van der Waals surface area contributed by atoms with Gasteiger partial charge >= 0.3 is 5.97 Å². The van der Waals surface area contributed by atoms with Crippen molar-refractivity contribution in [2.45, 2.75) is 0 Å². The maximum atomic E-state index is 12.1. The van der Waals surface area contributed by atoms with Crippen LogP contribution in [0.2, 0.25) is 5.02 Å². The highest BCUT2D eigenvalue weighted by atomic mass is 35.5. The number of nitrogens with one attached hydrogen (secondary N) is 1. The first-order chi connectivity index (χ1) is 10.5. The number of carboxylic acid groups (broad SMARTS) is 1. The molecule has 0 aliphatic rings. The minimum Gasteiger partial charge on any atom is -0.478 e. The van der Waals surface area contributed by atoms with Gasteiger partial charge in [-0.2, -0.15) is 0 Å². The summed E-state index contributed by atoms with van der Waals surface area (Å²) in [7, 11) is 0. The summed E-state index contributed by atoms with van der Waals surface area (Å²) in [4.78, 5) is 31.2. The summed E-state index contributed by atoms with van der Waals surface area (Å²) in [5, 5.41) is 12.4. The standard InChI is InChI=1S/C14H8ClN3O3S/c15-8-3-4-16-10(6-8)12(19)18-14-17-9-2-1-7(13(20)21)5-11(9)22-14/h1-6H,(H,20,21)(H,17,18,19). The summed E-state index contributed by atoms with van der Waals surface area (Å²) in [6, 6.07) is 7.61. The molecule has 3 rings (SSSR count). The number of amides is 1. The second-order valence-corrected chi connectivity index (χ2v) is 5.79. The molecule has 8 heteroatoms. The number of benzene rings is 1. The van der Waals surface area contributed by atoms with Gasteiger partial charge in [-0.25, -0.2) is 9.78 Å². The predicted octanol–water partition coefficient (Wildman–Crippen LogP) is 3.30. The number of aromatic carboxylic acids is 1. The lowest BCUT2D eigenvalue weighted by atomic mass is 10.2. The number of nitrogens with zero attached hydrogens (tertiary/aromatic N) is 2. The molecule has 22 heavy (non-hydrogen) atoms. The van der Waals surface area contributed by atoms with Crippen molar-refractivity contribution in [2.24, 2.45) is 0 Å². The Balaban J connectivity index is 1.87. The van der Waals surface area contributed by atoms with Crippen LogP contribution in [0.5, 0.6) is 0 Å². The Bertz CT molecular complexity index is 894. The number of rotatable bonds is 3. The Labute approximate surface area is 133 Å². The molecule has 0 unspecified atom stereocenters. The molecule has 1 aromatic carbocycles. The maximum Gasteiger partial charge on any atom is 0.335 e. The van der Waals surface area contributed by atoms with E-state index in [1.807, 2.05) is 0 Å². The molecule has 0 aliphatic heterocycles. The van der Waals surface area contributed by atoms with Crippen molar-refractivity contribution in [2.75, 3.05) is 5.32 Å². The molecule has 0 atom stereocenters. The van der Waals surface area contributed by atoms with Crippen LogP contribution in [0.4, 0.5) is 5.13 Å². The Kier molecular flexibility index (Phi) is 3.74. The number of thiazole rings is 1. The van der Waals surface area contributed by atoms with Gasteiger partial charge in [0.1, 0.15) is 5.69 Å². The topological polar surface area (TPSA) is 92.2 Å². The van der Waals surface area contributed by atoms with E-state index in [1.54, 1.807) is 12.1 Å². The fourth-order valence-corrected chi connectivity index (χ4v) is 2.86. The zero-order valence-corrected chi connectivity index (χ0v) is 12.5. The molecule has 0 aliphatic carbocycles. The largest absolute Gasteiger partial charge is 0.478 e. The SMILES string of the molecule is O=C(O)c1ccc2nc(NC(=O)c3cc(Cl)ccn3)sc2c1. The van der Waals surface area contributed by atoms with E-state index in [4.69, 9.17) is 16.7 Å². The van der Waals surface area contributed by atoms with Crippen molar-refractivity contribution in [1.82, 2.24) is 9.97 Å². The molecule has 3 aromatic rings. The van der Waals surface area contributed by atoms with Crippen LogP contribution in [0.25, 0.3) is 10.2 Å². The summed E-state index contributed by atoms with van der Waals surface area (Å²) in [5.74, 6) is -1.44. The molecule has 2 N–H and O–H groups in total. The highest BCUT2D eigenvalue weighted by molar-refractivity contribution is 7.22. The van der Waals surface area contributed by atoms with Gasteiger partial charge in [0.05, 0.1) is 15.8 Å². The first-order valence-corrected chi connectivity index (χ1v) is 7.29. The summed E-state index contributed by atoms with van der Waals surface area (Å²) in [6.45, 7) is 0. The lowest BCUT2D eigenvalue weighted by Gasteiger charge is -2.00. The number of carbonyl (C=O) groups excluding carboxylic acids is 1. The summed E-state index contributed by atoms with van der Waals surface area (Å²) < 4.78 is 0.675. The van der Waals surface area contributed by atoms with Gasteiger partial charge in [-0.05, 0) is 30.3 Å². The van der Waals surface area contributed by atoms with Gasteiger partial charge in [-0.3, -0.25) is 15.1 Å². The third-order valence-electron chi connectivity index (χ3n) is 2.81. The number of aromatic nitrogens is 2. The zero-order valence-electron chi connectivity index (χ0n) is 10.9. The van der Waals surface area contributed by atoms with E-state index in [2.05, 4.69) is 15.3 Å². The number of carboxylic acids is 1. The number of anilines is 1. The molecular formula is C14H8ClN3O3S. The van der Waals surface area contributed by atoms with E-state index in [9.17, 15) is 9.59 Å². The Morgan fingerprint density at radius 3 is 2.77 bits per heavy atom. The molecule has 6 nitrogen and oxygen atoms in total. The summed E-state index contributed by atoms with van der Waals surface area (Å²) in [5.41, 5.74) is 0.966. The van der Waals surface area contributed by atoms with Crippen molar-refractivity contribution in [3.05, 3.63) is 52.8 Å². The van der Waals surface area contributed by atoms with Crippen LogP contribution < -0.4 is 5.32 Å². The van der Waals surface area contributed by atoms with Crippen LogP contribution >= 0.6 is 22.9 Å². The Morgan fingerprint density at radius 2 is 2.05 bits per heavy atom. The average Bonchev–Trinajstić information content (AvgIpc) is 2.88. The number of carbonyl (C=O) groups is 2. The minimum absolute atomic E-state index is 0.172. The van der Waals surface area contributed by atoms with Crippen LogP contribution in [0, 0.1) is 0 Å². The quantitative estimate of drug-likeness (QED) is 0.767. The number of pyridine rings is 1. The average molecular weight is 334 g/mol. The first-order valence-electron chi connectivity index (χ1n) is 6.10. The van der Waals surface area contributed by atoms with Gasteiger partial charge in [0.25, 0.3) is 5.91 Å². The van der Waals surface area contributed by atoms with Gasteiger partial charge in [0, 0.05) is 11.2 Å². The third kappa shape index (κ3) is 2.90. The minimum atomic E-state index is -1.01. The smallest absolute Gasteiger partial charge is 0.335 e. The molecule has 1 amide bonds. The normalized spacial score (nSPS) is 10.6. The molecule has 0 radical (unpaired) electrons. The molecule has 0 fully saturated rings. The lowest BCUT2D eigenvalue weighted by Crippen LogP contribution is -2.13. The van der Waals surface area contributed by atoms with E-state index in [0.29, 0.717) is 20.4 Å². The first kappa shape index (κ1) is 14.4. The van der Waals surface area contributed by atoms with E-state index < -0.39 is 11.9 Å². The van der Waals surface area contributed by atoms with Crippen molar-refractivity contribution in [3.8, 4) is 0 Å². The third-order valence-corrected chi connectivity index (χ3v) is 3.98. The maximum absolute atomic E-state index is 12.1. The van der Waals surface area contributed by atoms with E-state index >= 15 is 0 Å². The van der Waals surface area contributed by atoms with Crippen LogP contribution in [0.15, 0.2) is 36.5 Å². The van der Waals surface area contributed by atoms with Crippen molar-refractivity contribution < 1.29 is 14.7 Å². The molecule has 0 saturated heterocycles. The highest BCUT2D eigenvalue weighted by Crippen LogP contribution is 2.27. The molecular weight excluding hydrogens is 326 g/mol. The molecule has 0 saturated carbocycles. The van der Waals surface area contributed by atoms with Gasteiger partial charge < -0.3 is 5.11 Å². The van der Waals surface area contributed by atoms with E-state index in [0.717, 1.165) is 0 Å². The molecule has 2 heterocycles. The highest BCUT2D eigenvalue weighted by Gasteiger charge is 2.12. The fourth-order valence-electron chi connectivity index (χ4n) is 1.80. The second-order valence-electron chi connectivity index (χ2n) is 4.32. The summed E-state index contributed by atoms with van der Waals surface area (Å²) in [6.07, 6.45) is 1.44. The number of fused-ring (bicyclic) bond motifs is 1. The van der Waals surface area contributed by atoms with Crippen LogP contribution in [0.1, 0.15) is 20.8 Å².